The average molecular weight is 484 g/mol. The van der Waals surface area contributed by atoms with Crippen LogP contribution in [0.5, 0.6) is 11.5 Å². The summed E-state index contributed by atoms with van der Waals surface area (Å²) in [4.78, 5) is 17.6. The Kier molecular flexibility index (Phi) is 7.39. The topological polar surface area (TPSA) is 72.5 Å². The predicted octanol–water partition coefficient (Wildman–Crippen LogP) is 6.05. The molecule has 0 unspecified atom stereocenters. The maximum absolute atomic E-state index is 12.8. The van der Waals surface area contributed by atoms with Crippen LogP contribution in [0.25, 0.3) is 5.57 Å². The first-order chi connectivity index (χ1) is 15.2. The van der Waals surface area contributed by atoms with E-state index < -0.39 is 17.6 Å². The lowest BCUT2D eigenvalue weighted by atomic mass is 10.1. The Morgan fingerprint density at radius 1 is 1.09 bits per heavy atom. The number of hydrogen-bond donors (Lipinski definition) is 2. The molecule has 0 radical (unpaired) electrons. The van der Waals surface area contributed by atoms with E-state index in [1.807, 2.05) is 0 Å². The highest BCUT2D eigenvalue weighted by Gasteiger charge is 2.30. The van der Waals surface area contributed by atoms with Gasteiger partial charge in [0, 0.05) is 6.20 Å². The Balaban J connectivity index is 1.76. The van der Waals surface area contributed by atoms with Crippen molar-refractivity contribution in [2.45, 2.75) is 13.1 Å². The molecule has 1 aromatic heterocycles. The van der Waals surface area contributed by atoms with Crippen molar-refractivity contribution in [3.63, 3.8) is 0 Å². The number of hydroxylamine groups is 1. The number of rotatable bonds is 7. The monoisotopic (exact) mass is 483 g/mol. The van der Waals surface area contributed by atoms with Crippen molar-refractivity contribution in [3.8, 4) is 11.5 Å². The molecule has 0 aliphatic carbocycles. The van der Waals surface area contributed by atoms with E-state index in [0.717, 1.165) is 23.7 Å². The van der Waals surface area contributed by atoms with Gasteiger partial charge < -0.3 is 10.1 Å². The van der Waals surface area contributed by atoms with Gasteiger partial charge in [-0.15, -0.1) is 0 Å². The number of aromatic nitrogens is 1. The minimum atomic E-state index is -4.41. The highest BCUT2D eigenvalue weighted by atomic mass is 35.5. The van der Waals surface area contributed by atoms with Gasteiger partial charge in [-0.25, -0.2) is 0 Å². The number of aryl methyl sites for hydroxylation is 1. The maximum atomic E-state index is 12.8. The van der Waals surface area contributed by atoms with Crippen molar-refractivity contribution in [1.82, 2.24) is 9.85 Å². The first kappa shape index (κ1) is 23.6. The number of amides is 1. The Labute approximate surface area is 190 Å². The molecule has 1 amide bonds. The zero-order valence-electron chi connectivity index (χ0n) is 16.8. The van der Waals surface area contributed by atoms with E-state index in [1.54, 1.807) is 31.2 Å². The number of nitrogens with one attached hydrogen (secondary N) is 2. The van der Waals surface area contributed by atoms with Crippen molar-refractivity contribution in [3.05, 3.63) is 76.6 Å². The van der Waals surface area contributed by atoms with Gasteiger partial charge in [-0.1, -0.05) is 23.7 Å². The molecule has 168 valence electrons. The van der Waals surface area contributed by atoms with Crippen LogP contribution in [0.1, 0.15) is 16.8 Å². The van der Waals surface area contributed by atoms with E-state index in [1.165, 1.54) is 25.4 Å². The van der Waals surface area contributed by atoms with Crippen LogP contribution in [0.4, 0.5) is 18.2 Å². The second kappa shape index (κ2) is 10.0. The van der Waals surface area contributed by atoms with Gasteiger partial charge in [-0.2, -0.15) is 17.5 Å². The van der Waals surface area contributed by atoms with Gasteiger partial charge >= 0.3 is 6.18 Å². The summed E-state index contributed by atoms with van der Waals surface area (Å²) in [5, 5.41) is 3.49. The molecular formula is C21H17ClF3N3O3S. The number of benzene rings is 2. The largest absolute Gasteiger partial charge is 0.457 e. The molecule has 2 N–H and O–H groups in total. The van der Waals surface area contributed by atoms with Crippen LogP contribution in [-0.2, 0) is 15.8 Å². The maximum Gasteiger partial charge on any atom is 0.416 e. The summed E-state index contributed by atoms with van der Waals surface area (Å²) < 4.78 is 47.7. The summed E-state index contributed by atoms with van der Waals surface area (Å²) in [7, 11) is 1.40. The Morgan fingerprint density at radius 3 is 2.19 bits per heavy atom. The number of halogens is 4. The van der Waals surface area contributed by atoms with Gasteiger partial charge in [0.15, 0.2) is 0 Å². The molecule has 0 bridgehead atoms. The van der Waals surface area contributed by atoms with E-state index in [4.69, 9.17) is 21.2 Å². The molecule has 3 aromatic rings. The van der Waals surface area contributed by atoms with Crippen molar-refractivity contribution in [1.29, 1.82) is 0 Å². The number of ether oxygens (including phenoxy) is 1. The highest BCUT2D eigenvalue weighted by Crippen LogP contribution is 2.32. The molecule has 0 spiro atoms. The van der Waals surface area contributed by atoms with Crippen molar-refractivity contribution in [2.75, 3.05) is 12.4 Å². The average Bonchev–Trinajstić information content (AvgIpc) is 3.07. The van der Waals surface area contributed by atoms with Gasteiger partial charge in [-0.05, 0) is 60.4 Å². The normalized spacial score (nSPS) is 11.9. The third kappa shape index (κ3) is 5.78. The number of anilines is 1. The number of hydrogen-bond acceptors (Lipinski definition) is 6. The van der Waals surface area contributed by atoms with Gasteiger partial charge in [-0.3, -0.25) is 15.1 Å². The van der Waals surface area contributed by atoms with Crippen LogP contribution < -0.4 is 15.5 Å². The van der Waals surface area contributed by atoms with Crippen LogP contribution in [0.3, 0.4) is 0 Å². The summed E-state index contributed by atoms with van der Waals surface area (Å²) in [6.07, 6.45) is -3.04. The molecular weight excluding hydrogens is 467 g/mol. The zero-order chi connectivity index (χ0) is 23.3. The van der Waals surface area contributed by atoms with Crippen LogP contribution in [0.15, 0.2) is 54.7 Å². The third-order valence-corrected chi connectivity index (χ3v) is 5.59. The van der Waals surface area contributed by atoms with Crippen molar-refractivity contribution >= 4 is 39.6 Å². The Morgan fingerprint density at radius 2 is 1.69 bits per heavy atom. The lowest BCUT2D eigenvalue weighted by Gasteiger charge is -2.11. The first-order valence-electron chi connectivity index (χ1n) is 9.06. The van der Waals surface area contributed by atoms with Gasteiger partial charge in [0.2, 0.25) is 0 Å². The van der Waals surface area contributed by atoms with Crippen molar-refractivity contribution in [2.24, 2.45) is 0 Å². The molecule has 0 saturated heterocycles. The molecule has 1 heterocycles. The lowest BCUT2D eigenvalue weighted by molar-refractivity contribution is -0.137. The van der Waals surface area contributed by atoms with E-state index >= 15 is 0 Å². The molecule has 3 rings (SSSR count). The number of nitrogens with zero attached hydrogens (tertiary/aromatic N) is 1. The third-order valence-electron chi connectivity index (χ3n) is 4.17. The minimum absolute atomic E-state index is 0.245. The fourth-order valence-corrected chi connectivity index (χ4v) is 3.48. The highest BCUT2D eigenvalue weighted by molar-refractivity contribution is 7.11. The number of carbonyl (C=O) groups excluding carboxylic acids is 1. The first-order valence-corrected chi connectivity index (χ1v) is 10.2. The Hall–Kier alpha value is -3.08. The second-order valence-electron chi connectivity index (χ2n) is 6.39. The molecule has 0 aliphatic heterocycles. The fraction of sp³-hybridized carbons (Fsp3) is 0.143. The summed E-state index contributed by atoms with van der Waals surface area (Å²) in [6, 6.07) is 10.8. The Bertz CT molecular complexity index is 1110. The quantitative estimate of drug-likeness (QED) is 0.316. The molecule has 0 atom stereocenters. The predicted molar refractivity (Wildman–Crippen MR) is 117 cm³/mol. The zero-order valence-corrected chi connectivity index (χ0v) is 18.4. The molecule has 2 aromatic carbocycles. The van der Waals surface area contributed by atoms with E-state index in [-0.39, 0.29) is 11.3 Å². The van der Waals surface area contributed by atoms with Crippen molar-refractivity contribution < 1.29 is 27.5 Å². The molecule has 32 heavy (non-hydrogen) atoms. The van der Waals surface area contributed by atoms with E-state index in [0.29, 0.717) is 27.0 Å². The molecule has 0 saturated carbocycles. The molecule has 6 nitrogen and oxygen atoms in total. The second-order valence-corrected chi connectivity index (χ2v) is 7.55. The summed E-state index contributed by atoms with van der Waals surface area (Å²) >= 11 is 7.20. The summed E-state index contributed by atoms with van der Waals surface area (Å²) in [5.41, 5.74) is 3.14. The smallest absolute Gasteiger partial charge is 0.416 e. The molecule has 11 heteroatoms. The van der Waals surface area contributed by atoms with Gasteiger partial charge in [0.1, 0.15) is 16.5 Å². The standard InChI is InChI=1S/C21H17ClF3N3O3S/c1-12-18(22)20(32-28-12)27-19(29)17(11-26-30-2)13-3-7-15(8-4-13)31-16-9-5-14(6-10-16)21(23,24)25/h3-11,26H,1-2H3,(H,27,29)/b17-11+. The lowest BCUT2D eigenvalue weighted by Crippen LogP contribution is -2.16. The van der Waals surface area contributed by atoms with Crippen LogP contribution in [-0.4, -0.2) is 17.4 Å². The fourth-order valence-electron chi connectivity index (χ4n) is 2.56. The van der Waals surface area contributed by atoms with Gasteiger partial charge in [0.05, 0.1) is 29.0 Å². The number of carbonyl (C=O) groups is 1. The number of alkyl halides is 3. The molecule has 0 fully saturated rings. The van der Waals surface area contributed by atoms with Crippen LogP contribution in [0, 0.1) is 6.92 Å². The SMILES string of the molecule is CON/C=C(/C(=O)Nc1snc(C)c1Cl)c1ccc(Oc2ccc(C(F)(F)F)cc2)cc1. The van der Waals surface area contributed by atoms with Gasteiger partial charge in [0.25, 0.3) is 5.91 Å². The summed E-state index contributed by atoms with van der Waals surface area (Å²) in [5.74, 6) is 0.182. The summed E-state index contributed by atoms with van der Waals surface area (Å²) in [6.45, 7) is 1.73. The van der Waals surface area contributed by atoms with Crippen LogP contribution >= 0.6 is 23.1 Å². The van der Waals surface area contributed by atoms with E-state index in [9.17, 15) is 18.0 Å². The van der Waals surface area contributed by atoms with Crippen LogP contribution in [0.2, 0.25) is 5.02 Å². The van der Waals surface area contributed by atoms with E-state index in [2.05, 4.69) is 15.2 Å². The molecule has 0 aliphatic rings. The minimum Gasteiger partial charge on any atom is -0.457 e.